The molecule has 3 aliphatic rings. The van der Waals surface area contributed by atoms with E-state index in [2.05, 4.69) is 41.4 Å². The first-order valence-electron chi connectivity index (χ1n) is 10.8. The zero-order valence-electron chi connectivity index (χ0n) is 17.7. The van der Waals surface area contributed by atoms with Gasteiger partial charge in [-0.2, -0.15) is 0 Å². The van der Waals surface area contributed by atoms with E-state index in [1.165, 1.54) is 0 Å². The summed E-state index contributed by atoms with van der Waals surface area (Å²) in [5.41, 5.74) is 2.51. The molecule has 2 aromatic heterocycles. The van der Waals surface area contributed by atoms with E-state index in [0.717, 1.165) is 75.0 Å². The van der Waals surface area contributed by atoms with Crippen molar-refractivity contribution in [3.63, 3.8) is 0 Å². The van der Waals surface area contributed by atoms with Crippen LogP contribution in [0.5, 0.6) is 0 Å². The van der Waals surface area contributed by atoms with Gasteiger partial charge in [-0.3, -0.25) is 14.5 Å². The van der Waals surface area contributed by atoms with Gasteiger partial charge in [0, 0.05) is 58.7 Å². The van der Waals surface area contributed by atoms with E-state index >= 15 is 0 Å². The number of aromatic nitrogens is 2. The van der Waals surface area contributed by atoms with Crippen molar-refractivity contribution in [2.45, 2.75) is 25.4 Å². The van der Waals surface area contributed by atoms with Gasteiger partial charge in [-0.05, 0) is 36.6 Å². The van der Waals surface area contributed by atoms with Crippen LogP contribution in [0.25, 0.3) is 0 Å². The lowest BCUT2D eigenvalue weighted by Gasteiger charge is -2.36. The highest BCUT2D eigenvalue weighted by molar-refractivity contribution is 6.03. The normalized spacial score (nSPS) is 20.8. The van der Waals surface area contributed by atoms with Gasteiger partial charge in [0.25, 0.3) is 5.91 Å². The Morgan fingerprint density at radius 3 is 2.74 bits per heavy atom. The van der Waals surface area contributed by atoms with Gasteiger partial charge in [0.2, 0.25) is 5.91 Å². The maximum absolute atomic E-state index is 12.4. The molecule has 9 heteroatoms. The van der Waals surface area contributed by atoms with Gasteiger partial charge in [-0.15, -0.1) is 0 Å². The maximum atomic E-state index is 12.4. The molecule has 5 rings (SSSR count). The van der Waals surface area contributed by atoms with E-state index in [1.54, 1.807) is 13.2 Å². The predicted octanol–water partition coefficient (Wildman–Crippen LogP) is 1.08. The van der Waals surface area contributed by atoms with Crippen LogP contribution < -0.4 is 20.4 Å². The average molecular weight is 422 g/mol. The van der Waals surface area contributed by atoms with Gasteiger partial charge in [-0.25, -0.2) is 9.97 Å². The molecule has 0 saturated carbocycles. The zero-order chi connectivity index (χ0) is 21.4. The van der Waals surface area contributed by atoms with E-state index in [9.17, 15) is 9.59 Å². The molecule has 0 aromatic carbocycles. The molecule has 162 valence electrons. The number of anilines is 3. The first kappa shape index (κ1) is 19.7. The highest BCUT2D eigenvalue weighted by atomic mass is 16.2. The molecule has 1 atom stereocenters. The summed E-state index contributed by atoms with van der Waals surface area (Å²) in [5.74, 6) is 1.76. The predicted molar refractivity (Wildman–Crippen MR) is 118 cm³/mol. The number of hydrogen-bond acceptors (Lipinski definition) is 7. The van der Waals surface area contributed by atoms with Crippen LogP contribution in [0.1, 0.15) is 28.8 Å². The first-order valence-corrected chi connectivity index (χ1v) is 10.8. The highest BCUT2D eigenvalue weighted by Gasteiger charge is 2.37. The van der Waals surface area contributed by atoms with Gasteiger partial charge in [0.1, 0.15) is 11.9 Å². The molecule has 2 aromatic rings. The van der Waals surface area contributed by atoms with Crippen molar-refractivity contribution in [3.8, 4) is 0 Å². The molecule has 5 heterocycles. The second kappa shape index (κ2) is 8.14. The number of nitrogens with one attached hydrogen (secondary N) is 2. The van der Waals surface area contributed by atoms with Crippen LogP contribution in [0.15, 0.2) is 30.6 Å². The number of amides is 2. The summed E-state index contributed by atoms with van der Waals surface area (Å²) in [4.78, 5) is 39.9. The molecule has 3 aliphatic heterocycles. The van der Waals surface area contributed by atoms with E-state index in [4.69, 9.17) is 0 Å². The quantitative estimate of drug-likeness (QED) is 0.763. The topological polar surface area (TPSA) is 93.7 Å². The van der Waals surface area contributed by atoms with Crippen molar-refractivity contribution in [2.75, 3.05) is 54.9 Å². The minimum absolute atomic E-state index is 0.0574. The molecule has 2 fully saturated rings. The van der Waals surface area contributed by atoms with Crippen LogP contribution in [0, 0.1) is 0 Å². The standard InChI is InChI=1S/C22H27N7O2/c1-23-21(30)16-4-5-19(24-13-16)28-9-7-27(8-10-28)14-15-11-17-20(25-12-15)29-6-2-3-18(29)22(31)26-17/h4-5,11-13,18H,2-3,6-10,14H2,1H3,(H,23,30)(H,26,31)/t18-/m0/s1. The van der Waals surface area contributed by atoms with E-state index in [0.29, 0.717) is 5.56 Å². The van der Waals surface area contributed by atoms with Gasteiger partial charge in [0.15, 0.2) is 5.82 Å². The number of piperazine rings is 1. The third kappa shape index (κ3) is 3.81. The molecular formula is C22H27N7O2. The fourth-order valence-electron chi connectivity index (χ4n) is 4.66. The fraction of sp³-hybridized carbons (Fsp3) is 0.455. The summed E-state index contributed by atoms with van der Waals surface area (Å²) in [6.07, 6.45) is 5.51. The van der Waals surface area contributed by atoms with Crippen LogP contribution in [0.3, 0.4) is 0 Å². The Balaban J connectivity index is 1.20. The lowest BCUT2D eigenvalue weighted by molar-refractivity contribution is -0.117. The number of hydrogen-bond donors (Lipinski definition) is 2. The molecule has 31 heavy (non-hydrogen) atoms. The van der Waals surface area contributed by atoms with E-state index in [1.807, 2.05) is 18.3 Å². The van der Waals surface area contributed by atoms with Gasteiger partial charge in [-0.1, -0.05) is 0 Å². The Hall–Kier alpha value is -3.20. The largest absolute Gasteiger partial charge is 0.355 e. The summed E-state index contributed by atoms with van der Waals surface area (Å²) in [5, 5.41) is 5.66. The average Bonchev–Trinajstić information content (AvgIpc) is 3.30. The third-order valence-corrected chi connectivity index (χ3v) is 6.35. The molecular weight excluding hydrogens is 394 g/mol. The lowest BCUT2D eigenvalue weighted by atomic mass is 10.1. The first-order chi connectivity index (χ1) is 15.1. The molecule has 0 spiro atoms. The summed E-state index contributed by atoms with van der Waals surface area (Å²) in [6, 6.07) is 5.73. The molecule has 0 unspecified atom stereocenters. The van der Waals surface area contributed by atoms with Crippen molar-refractivity contribution in [1.29, 1.82) is 0 Å². The highest BCUT2D eigenvalue weighted by Crippen LogP contribution is 2.35. The van der Waals surface area contributed by atoms with Gasteiger partial charge >= 0.3 is 0 Å². The van der Waals surface area contributed by atoms with Crippen LogP contribution in [-0.4, -0.2) is 72.5 Å². The van der Waals surface area contributed by atoms with E-state index < -0.39 is 0 Å². The molecule has 0 aliphatic carbocycles. The molecule has 2 N–H and O–H groups in total. The third-order valence-electron chi connectivity index (χ3n) is 6.35. The second-order valence-corrected chi connectivity index (χ2v) is 8.30. The Bertz CT molecular complexity index is 986. The number of carbonyl (C=O) groups excluding carboxylic acids is 2. The minimum atomic E-state index is -0.126. The smallest absolute Gasteiger partial charge is 0.252 e. The Labute approximate surface area is 181 Å². The maximum Gasteiger partial charge on any atom is 0.252 e. The Morgan fingerprint density at radius 2 is 2.00 bits per heavy atom. The molecule has 9 nitrogen and oxygen atoms in total. The fourth-order valence-corrected chi connectivity index (χ4v) is 4.66. The van der Waals surface area contributed by atoms with Crippen LogP contribution in [0.2, 0.25) is 0 Å². The molecule has 0 radical (unpaired) electrons. The second-order valence-electron chi connectivity index (χ2n) is 8.30. The lowest BCUT2D eigenvalue weighted by Crippen LogP contribution is -2.46. The van der Waals surface area contributed by atoms with Crippen LogP contribution in [0.4, 0.5) is 17.3 Å². The van der Waals surface area contributed by atoms with Crippen LogP contribution in [-0.2, 0) is 11.3 Å². The van der Waals surface area contributed by atoms with Gasteiger partial charge in [0.05, 0.1) is 11.3 Å². The van der Waals surface area contributed by atoms with Crippen molar-refractivity contribution in [3.05, 3.63) is 41.7 Å². The number of carbonyl (C=O) groups is 2. The summed E-state index contributed by atoms with van der Waals surface area (Å²) >= 11 is 0. The van der Waals surface area contributed by atoms with Crippen molar-refractivity contribution in [2.24, 2.45) is 0 Å². The number of fused-ring (bicyclic) bond motifs is 3. The van der Waals surface area contributed by atoms with Crippen molar-refractivity contribution >= 4 is 29.1 Å². The van der Waals surface area contributed by atoms with Crippen molar-refractivity contribution < 1.29 is 9.59 Å². The van der Waals surface area contributed by atoms with E-state index in [-0.39, 0.29) is 17.9 Å². The number of rotatable bonds is 4. The zero-order valence-corrected chi connectivity index (χ0v) is 17.7. The summed E-state index contributed by atoms with van der Waals surface area (Å²) in [6.45, 7) is 5.27. The van der Waals surface area contributed by atoms with Gasteiger partial charge < -0.3 is 20.4 Å². The monoisotopic (exact) mass is 421 g/mol. The Kier molecular flexibility index (Phi) is 5.19. The number of pyridine rings is 2. The molecule has 2 saturated heterocycles. The molecule has 0 bridgehead atoms. The number of nitrogens with zero attached hydrogens (tertiary/aromatic N) is 5. The SMILES string of the molecule is CNC(=O)c1ccc(N2CCN(Cc3cnc4c(c3)NC(=O)[C@@H]3CCCN43)CC2)nc1. The van der Waals surface area contributed by atoms with Crippen molar-refractivity contribution in [1.82, 2.24) is 20.2 Å². The van der Waals surface area contributed by atoms with Crippen LogP contribution >= 0.6 is 0 Å². The summed E-state index contributed by atoms with van der Waals surface area (Å²) < 4.78 is 0. The molecule has 2 amide bonds. The summed E-state index contributed by atoms with van der Waals surface area (Å²) in [7, 11) is 1.62. The Morgan fingerprint density at radius 1 is 1.16 bits per heavy atom. The minimum Gasteiger partial charge on any atom is -0.355 e.